The minimum absolute atomic E-state index is 0.0743. The van der Waals surface area contributed by atoms with Crippen molar-refractivity contribution in [3.05, 3.63) is 71.9 Å². The van der Waals surface area contributed by atoms with E-state index in [4.69, 9.17) is 0 Å². The Kier molecular flexibility index (Phi) is 4.95. The summed E-state index contributed by atoms with van der Waals surface area (Å²) >= 11 is 1.57. The highest BCUT2D eigenvalue weighted by Gasteiger charge is 2.18. The molecule has 0 unspecified atom stereocenters. The molecule has 0 saturated carbocycles. The van der Waals surface area contributed by atoms with E-state index >= 15 is 0 Å². The summed E-state index contributed by atoms with van der Waals surface area (Å²) in [7, 11) is -0.700. The largest absolute Gasteiger partial charge is 0.322 e. The van der Waals surface area contributed by atoms with Crippen molar-refractivity contribution >= 4 is 37.9 Å². The molecule has 2 aromatic heterocycles. The molecule has 0 spiro atoms. The number of thiazole rings is 1. The fourth-order valence-electron chi connectivity index (χ4n) is 2.80. The lowest BCUT2D eigenvalue weighted by Crippen LogP contribution is -2.22. The molecule has 0 bridgehead atoms. The van der Waals surface area contributed by atoms with Crippen LogP contribution in [0.4, 0.5) is 5.69 Å². The zero-order valence-electron chi connectivity index (χ0n) is 15.7. The molecule has 1 amide bonds. The van der Waals surface area contributed by atoms with Gasteiger partial charge in [0, 0.05) is 48.7 Å². The molecule has 148 valence electrons. The standard InChI is InChI=1S/C20H18N4O3S2/c1-23(2)29(26,27)17-5-3-4-15(12-17)19(25)21-16-8-6-14(7-9-16)18-13-24-10-11-28-20(24)22-18/h3-13H,1-2H3,(H,21,25). The average molecular weight is 427 g/mol. The first-order valence-corrected chi connectivity index (χ1v) is 11.0. The fraction of sp³-hybridized carbons (Fsp3) is 0.100. The molecule has 4 aromatic rings. The summed E-state index contributed by atoms with van der Waals surface area (Å²) in [5.74, 6) is -0.379. The van der Waals surface area contributed by atoms with Crippen molar-refractivity contribution in [2.75, 3.05) is 19.4 Å². The molecule has 2 heterocycles. The fourth-order valence-corrected chi connectivity index (χ4v) is 4.45. The topological polar surface area (TPSA) is 83.8 Å². The van der Waals surface area contributed by atoms with Crippen LogP contribution >= 0.6 is 11.3 Å². The van der Waals surface area contributed by atoms with Crippen LogP contribution in [0.25, 0.3) is 16.2 Å². The summed E-state index contributed by atoms with van der Waals surface area (Å²) in [5, 5.41) is 4.77. The molecular formula is C20H18N4O3S2. The molecule has 7 nitrogen and oxygen atoms in total. The highest BCUT2D eigenvalue weighted by Crippen LogP contribution is 2.23. The van der Waals surface area contributed by atoms with Gasteiger partial charge in [0.2, 0.25) is 10.0 Å². The summed E-state index contributed by atoms with van der Waals surface area (Å²) in [6.45, 7) is 0. The second kappa shape index (κ2) is 7.43. The van der Waals surface area contributed by atoms with Crippen LogP contribution in [0.1, 0.15) is 10.4 Å². The quantitative estimate of drug-likeness (QED) is 0.529. The highest BCUT2D eigenvalue weighted by molar-refractivity contribution is 7.89. The molecule has 0 radical (unpaired) electrons. The summed E-state index contributed by atoms with van der Waals surface area (Å²) in [6, 6.07) is 13.3. The normalized spacial score (nSPS) is 11.8. The number of amides is 1. The van der Waals surface area contributed by atoms with Crippen LogP contribution in [0, 0.1) is 0 Å². The lowest BCUT2D eigenvalue weighted by atomic mass is 10.1. The number of hydrogen-bond acceptors (Lipinski definition) is 5. The van der Waals surface area contributed by atoms with E-state index in [0.29, 0.717) is 5.69 Å². The molecule has 0 aliphatic heterocycles. The Morgan fingerprint density at radius 3 is 2.59 bits per heavy atom. The van der Waals surface area contributed by atoms with Gasteiger partial charge in [-0.05, 0) is 30.3 Å². The third-order valence-electron chi connectivity index (χ3n) is 4.41. The van der Waals surface area contributed by atoms with E-state index in [1.165, 1.54) is 26.2 Å². The first-order valence-electron chi connectivity index (χ1n) is 8.71. The Morgan fingerprint density at radius 1 is 1.14 bits per heavy atom. The molecular weight excluding hydrogens is 408 g/mol. The van der Waals surface area contributed by atoms with Crippen LogP contribution < -0.4 is 5.32 Å². The van der Waals surface area contributed by atoms with Gasteiger partial charge >= 0.3 is 0 Å². The van der Waals surface area contributed by atoms with Gasteiger partial charge in [0.1, 0.15) is 0 Å². The Hall–Kier alpha value is -3.01. The van der Waals surface area contributed by atoms with Crippen LogP contribution in [0.2, 0.25) is 0 Å². The molecule has 0 saturated heterocycles. The van der Waals surface area contributed by atoms with Crippen LogP contribution in [-0.4, -0.2) is 42.1 Å². The zero-order valence-corrected chi connectivity index (χ0v) is 17.4. The molecule has 4 rings (SSSR count). The van der Waals surface area contributed by atoms with E-state index in [1.807, 2.05) is 34.3 Å². The summed E-state index contributed by atoms with van der Waals surface area (Å²) < 4.78 is 27.6. The van der Waals surface area contributed by atoms with Gasteiger partial charge in [0.15, 0.2) is 4.96 Å². The van der Waals surface area contributed by atoms with Gasteiger partial charge in [-0.3, -0.25) is 9.20 Å². The average Bonchev–Trinajstić information content (AvgIpc) is 3.31. The Balaban J connectivity index is 1.52. The van der Waals surface area contributed by atoms with Gasteiger partial charge < -0.3 is 5.32 Å². The number of fused-ring (bicyclic) bond motifs is 1. The molecule has 0 aliphatic rings. The molecule has 9 heteroatoms. The van der Waals surface area contributed by atoms with Crippen molar-refractivity contribution in [3.63, 3.8) is 0 Å². The molecule has 0 aliphatic carbocycles. The summed E-state index contributed by atoms with van der Waals surface area (Å²) in [4.78, 5) is 18.1. The minimum Gasteiger partial charge on any atom is -0.322 e. The van der Waals surface area contributed by atoms with Crippen LogP contribution in [0.3, 0.4) is 0 Å². The first-order chi connectivity index (χ1) is 13.8. The van der Waals surface area contributed by atoms with Gasteiger partial charge in [0.25, 0.3) is 5.91 Å². The number of carbonyl (C=O) groups excluding carboxylic acids is 1. The van der Waals surface area contributed by atoms with E-state index in [9.17, 15) is 13.2 Å². The molecule has 29 heavy (non-hydrogen) atoms. The Morgan fingerprint density at radius 2 is 1.90 bits per heavy atom. The van der Waals surface area contributed by atoms with E-state index in [0.717, 1.165) is 20.5 Å². The third-order valence-corrected chi connectivity index (χ3v) is 6.99. The number of rotatable bonds is 5. The van der Waals surface area contributed by atoms with E-state index < -0.39 is 10.0 Å². The van der Waals surface area contributed by atoms with Gasteiger partial charge in [-0.2, -0.15) is 0 Å². The summed E-state index contributed by atoms with van der Waals surface area (Å²) in [6.07, 6.45) is 3.91. The number of sulfonamides is 1. The van der Waals surface area contributed by atoms with Crippen molar-refractivity contribution in [1.29, 1.82) is 0 Å². The van der Waals surface area contributed by atoms with Crippen molar-refractivity contribution in [2.24, 2.45) is 0 Å². The van der Waals surface area contributed by atoms with E-state index in [-0.39, 0.29) is 16.4 Å². The monoisotopic (exact) mass is 426 g/mol. The second-order valence-corrected chi connectivity index (χ2v) is 9.59. The van der Waals surface area contributed by atoms with Gasteiger partial charge in [-0.1, -0.05) is 18.2 Å². The predicted molar refractivity (Wildman–Crippen MR) is 114 cm³/mol. The highest BCUT2D eigenvalue weighted by atomic mass is 32.2. The Bertz CT molecular complexity index is 1260. The molecule has 2 aromatic carbocycles. The van der Waals surface area contributed by atoms with Crippen molar-refractivity contribution < 1.29 is 13.2 Å². The lowest BCUT2D eigenvalue weighted by Gasteiger charge is -2.12. The van der Waals surface area contributed by atoms with Crippen molar-refractivity contribution in [2.45, 2.75) is 4.90 Å². The smallest absolute Gasteiger partial charge is 0.255 e. The van der Waals surface area contributed by atoms with E-state index in [2.05, 4.69) is 10.3 Å². The second-order valence-electron chi connectivity index (χ2n) is 6.57. The minimum atomic E-state index is -3.60. The molecule has 0 atom stereocenters. The molecule has 1 N–H and O–H groups in total. The zero-order chi connectivity index (χ0) is 20.6. The third kappa shape index (κ3) is 3.80. The van der Waals surface area contributed by atoms with Gasteiger partial charge in [-0.25, -0.2) is 17.7 Å². The number of aromatic nitrogens is 2. The number of benzene rings is 2. The number of hydrogen-bond donors (Lipinski definition) is 1. The Labute approximate surface area is 172 Å². The number of anilines is 1. The lowest BCUT2D eigenvalue weighted by molar-refractivity contribution is 0.102. The van der Waals surface area contributed by atoms with Crippen LogP contribution in [-0.2, 0) is 10.0 Å². The molecule has 0 fully saturated rings. The SMILES string of the molecule is CN(C)S(=O)(=O)c1cccc(C(=O)Nc2ccc(-c3cn4ccsc4n3)cc2)c1. The number of nitrogens with one attached hydrogen (secondary N) is 1. The maximum Gasteiger partial charge on any atom is 0.255 e. The van der Waals surface area contributed by atoms with Gasteiger partial charge in [-0.15, -0.1) is 11.3 Å². The maximum absolute atomic E-state index is 12.6. The first kappa shape index (κ1) is 19.3. The van der Waals surface area contributed by atoms with Crippen molar-refractivity contribution in [3.8, 4) is 11.3 Å². The summed E-state index contributed by atoms with van der Waals surface area (Å²) in [5.41, 5.74) is 2.68. The number of nitrogens with zero attached hydrogens (tertiary/aromatic N) is 3. The number of carbonyl (C=O) groups is 1. The van der Waals surface area contributed by atoms with Crippen LogP contribution in [0.15, 0.2) is 71.2 Å². The van der Waals surface area contributed by atoms with Gasteiger partial charge in [0.05, 0.1) is 10.6 Å². The van der Waals surface area contributed by atoms with Crippen molar-refractivity contribution in [1.82, 2.24) is 13.7 Å². The predicted octanol–water partition coefficient (Wildman–Crippen LogP) is 3.57. The van der Waals surface area contributed by atoms with E-state index in [1.54, 1.807) is 35.6 Å². The maximum atomic E-state index is 12.6. The number of imidazole rings is 1. The van der Waals surface area contributed by atoms with Crippen LogP contribution in [0.5, 0.6) is 0 Å².